The summed E-state index contributed by atoms with van der Waals surface area (Å²) >= 11 is 0. The van der Waals surface area contributed by atoms with Gasteiger partial charge in [0.05, 0.1) is 6.54 Å². The van der Waals surface area contributed by atoms with Gasteiger partial charge in [0.1, 0.15) is 0 Å². The van der Waals surface area contributed by atoms with Crippen LogP contribution in [-0.2, 0) is 0 Å². The Hall–Kier alpha value is -0.920. The summed E-state index contributed by atoms with van der Waals surface area (Å²) in [5.74, 6) is 0. The molecule has 0 atom stereocenters. The Morgan fingerprint density at radius 2 is 2.71 bits per heavy atom. The molecule has 0 radical (unpaired) electrons. The van der Waals surface area contributed by atoms with Crippen LogP contribution in [0.15, 0.2) is 25.1 Å². The Morgan fingerprint density at radius 3 is 3.00 bits per heavy atom. The Labute approximate surface area is 43.1 Å². The molecule has 7 heavy (non-hydrogen) atoms. The minimum atomic E-state index is 0.934. The highest BCUT2D eigenvalue weighted by molar-refractivity contribution is 4.91. The van der Waals surface area contributed by atoms with Crippen LogP contribution in [0, 0.1) is 0 Å². The number of rotatable bonds is 1. The standard InChI is InChI=1S/C5H8N2/c1-2-7-5-3-4-6-7/h2-4,6H,1,5H2. The van der Waals surface area contributed by atoms with Crippen molar-refractivity contribution in [1.29, 1.82) is 0 Å². The average molecular weight is 96.1 g/mol. The topological polar surface area (TPSA) is 15.3 Å². The van der Waals surface area contributed by atoms with E-state index in [4.69, 9.17) is 0 Å². The molecule has 0 amide bonds. The van der Waals surface area contributed by atoms with Crippen LogP contribution in [-0.4, -0.2) is 11.6 Å². The summed E-state index contributed by atoms with van der Waals surface area (Å²) in [6.07, 6.45) is 5.67. The summed E-state index contributed by atoms with van der Waals surface area (Å²) in [6, 6.07) is 0. The van der Waals surface area contributed by atoms with Crippen molar-refractivity contribution in [2.45, 2.75) is 0 Å². The number of hydrogen-bond donors (Lipinski definition) is 1. The van der Waals surface area contributed by atoms with Gasteiger partial charge in [-0.2, -0.15) is 0 Å². The van der Waals surface area contributed by atoms with Gasteiger partial charge in [0.2, 0.25) is 0 Å². The van der Waals surface area contributed by atoms with Gasteiger partial charge in [-0.05, 0) is 6.08 Å². The molecule has 0 aromatic heterocycles. The maximum atomic E-state index is 3.57. The van der Waals surface area contributed by atoms with E-state index in [1.807, 2.05) is 17.3 Å². The molecule has 0 saturated carbocycles. The van der Waals surface area contributed by atoms with E-state index in [0.29, 0.717) is 0 Å². The molecule has 0 unspecified atom stereocenters. The van der Waals surface area contributed by atoms with E-state index >= 15 is 0 Å². The van der Waals surface area contributed by atoms with Crippen LogP contribution in [0.2, 0.25) is 0 Å². The number of hydrogen-bond acceptors (Lipinski definition) is 2. The van der Waals surface area contributed by atoms with Gasteiger partial charge in [-0.15, -0.1) is 0 Å². The second kappa shape index (κ2) is 1.69. The minimum Gasteiger partial charge on any atom is -0.306 e. The monoisotopic (exact) mass is 96.1 g/mol. The molecule has 38 valence electrons. The van der Waals surface area contributed by atoms with E-state index in [9.17, 15) is 0 Å². The van der Waals surface area contributed by atoms with Gasteiger partial charge in [-0.25, -0.2) is 0 Å². The van der Waals surface area contributed by atoms with Crippen LogP contribution in [0.4, 0.5) is 0 Å². The summed E-state index contributed by atoms with van der Waals surface area (Å²) in [5.41, 5.74) is 2.94. The lowest BCUT2D eigenvalue weighted by Crippen LogP contribution is -2.22. The number of hydrazine groups is 1. The van der Waals surface area contributed by atoms with E-state index in [0.717, 1.165) is 6.54 Å². The zero-order valence-corrected chi connectivity index (χ0v) is 4.09. The van der Waals surface area contributed by atoms with Gasteiger partial charge in [-0.3, -0.25) is 5.01 Å². The van der Waals surface area contributed by atoms with Crippen molar-refractivity contribution < 1.29 is 0 Å². The highest BCUT2D eigenvalue weighted by Gasteiger charge is 1.93. The third-order valence-electron chi connectivity index (χ3n) is 0.881. The van der Waals surface area contributed by atoms with Crippen LogP contribution >= 0.6 is 0 Å². The number of nitrogens with zero attached hydrogens (tertiary/aromatic N) is 1. The molecule has 1 N–H and O–H groups in total. The minimum absolute atomic E-state index is 0.934. The lowest BCUT2D eigenvalue weighted by Gasteiger charge is -2.09. The molecule has 0 saturated heterocycles. The first-order valence-electron chi connectivity index (χ1n) is 2.24. The fourth-order valence-electron chi connectivity index (χ4n) is 0.495. The molecule has 2 nitrogen and oxygen atoms in total. The second-order valence-corrected chi connectivity index (χ2v) is 1.37. The van der Waals surface area contributed by atoms with Crippen LogP contribution in [0.25, 0.3) is 0 Å². The molecule has 0 bridgehead atoms. The van der Waals surface area contributed by atoms with E-state index < -0.39 is 0 Å². The molecule has 0 aromatic rings. The highest BCUT2D eigenvalue weighted by Crippen LogP contribution is 1.89. The lowest BCUT2D eigenvalue weighted by molar-refractivity contribution is 0.378. The zero-order chi connectivity index (χ0) is 5.11. The van der Waals surface area contributed by atoms with Crippen molar-refractivity contribution >= 4 is 0 Å². The van der Waals surface area contributed by atoms with Crippen molar-refractivity contribution in [2.75, 3.05) is 6.54 Å². The van der Waals surface area contributed by atoms with Gasteiger partial charge in [0.25, 0.3) is 0 Å². The van der Waals surface area contributed by atoms with Gasteiger partial charge in [-0.1, -0.05) is 6.58 Å². The summed E-state index contributed by atoms with van der Waals surface area (Å²) in [4.78, 5) is 0. The van der Waals surface area contributed by atoms with Gasteiger partial charge < -0.3 is 5.43 Å². The van der Waals surface area contributed by atoms with Crippen molar-refractivity contribution in [3.63, 3.8) is 0 Å². The molecule has 0 fully saturated rings. The smallest absolute Gasteiger partial charge is 0.0585 e. The van der Waals surface area contributed by atoms with Crippen molar-refractivity contribution in [3.05, 3.63) is 25.1 Å². The van der Waals surface area contributed by atoms with E-state index in [1.54, 1.807) is 6.20 Å². The van der Waals surface area contributed by atoms with E-state index in [1.165, 1.54) is 0 Å². The van der Waals surface area contributed by atoms with Crippen molar-refractivity contribution in [1.82, 2.24) is 10.4 Å². The molecule has 0 spiro atoms. The molecular formula is C5H8N2. The Balaban J connectivity index is 2.35. The fraction of sp³-hybridized carbons (Fsp3) is 0.200. The molecule has 2 heteroatoms. The quantitative estimate of drug-likeness (QED) is 0.510. The van der Waals surface area contributed by atoms with Crippen LogP contribution < -0.4 is 5.43 Å². The van der Waals surface area contributed by atoms with Crippen molar-refractivity contribution in [2.24, 2.45) is 0 Å². The zero-order valence-electron chi connectivity index (χ0n) is 4.09. The van der Waals surface area contributed by atoms with Crippen LogP contribution in [0.1, 0.15) is 0 Å². The summed E-state index contributed by atoms with van der Waals surface area (Å²) in [7, 11) is 0. The molecule has 1 rings (SSSR count). The Kier molecular flexibility index (Phi) is 1.02. The van der Waals surface area contributed by atoms with Gasteiger partial charge in [0.15, 0.2) is 0 Å². The van der Waals surface area contributed by atoms with E-state index in [-0.39, 0.29) is 0 Å². The third kappa shape index (κ3) is 0.738. The third-order valence-corrected chi connectivity index (χ3v) is 0.881. The Bertz CT molecular complexity index is 88.3. The van der Waals surface area contributed by atoms with Crippen LogP contribution in [0.5, 0.6) is 0 Å². The maximum absolute atomic E-state index is 3.57. The molecular weight excluding hydrogens is 88.1 g/mol. The first-order chi connectivity index (χ1) is 3.43. The summed E-state index contributed by atoms with van der Waals surface area (Å²) < 4.78 is 0. The molecule has 1 heterocycles. The Morgan fingerprint density at radius 1 is 1.86 bits per heavy atom. The first-order valence-corrected chi connectivity index (χ1v) is 2.24. The molecule has 0 aliphatic carbocycles. The average Bonchev–Trinajstić information content (AvgIpc) is 2.14. The summed E-state index contributed by atoms with van der Waals surface area (Å²) in [5, 5.41) is 1.89. The van der Waals surface area contributed by atoms with Gasteiger partial charge >= 0.3 is 0 Å². The summed E-state index contributed by atoms with van der Waals surface area (Å²) in [6.45, 7) is 4.50. The predicted molar refractivity (Wildman–Crippen MR) is 29.2 cm³/mol. The van der Waals surface area contributed by atoms with Crippen LogP contribution in [0.3, 0.4) is 0 Å². The fourth-order valence-corrected chi connectivity index (χ4v) is 0.495. The molecule has 1 aliphatic heterocycles. The first kappa shape index (κ1) is 4.24. The number of nitrogens with one attached hydrogen (secondary N) is 1. The predicted octanol–water partition coefficient (Wildman–Crippen LogP) is 0.464. The normalized spacial score (nSPS) is 16.9. The lowest BCUT2D eigenvalue weighted by atomic mass is 10.6. The van der Waals surface area contributed by atoms with Crippen molar-refractivity contribution in [3.8, 4) is 0 Å². The largest absolute Gasteiger partial charge is 0.306 e. The highest BCUT2D eigenvalue weighted by atomic mass is 15.5. The molecule has 1 aliphatic rings. The van der Waals surface area contributed by atoms with Gasteiger partial charge in [0, 0.05) is 12.4 Å². The SMILES string of the molecule is C=CN1CC=CN1. The maximum Gasteiger partial charge on any atom is 0.0585 e. The molecule has 0 aromatic carbocycles. The second-order valence-electron chi connectivity index (χ2n) is 1.37. The van der Waals surface area contributed by atoms with E-state index in [2.05, 4.69) is 12.0 Å².